The van der Waals surface area contributed by atoms with E-state index in [0.29, 0.717) is 29.5 Å². The second-order valence-corrected chi connectivity index (χ2v) is 9.98. The number of benzene rings is 1. The fourth-order valence-corrected chi connectivity index (χ4v) is 5.82. The summed E-state index contributed by atoms with van der Waals surface area (Å²) in [5.41, 5.74) is 5.64. The van der Waals surface area contributed by atoms with Crippen LogP contribution in [0.15, 0.2) is 47.5 Å². The third kappa shape index (κ3) is 3.80. The Morgan fingerprint density at radius 1 is 1.14 bits per heavy atom. The normalized spacial score (nSPS) is 15.3. The molecule has 0 aliphatic carbocycles. The Morgan fingerprint density at radius 2 is 1.86 bits per heavy atom. The molecule has 0 spiro atoms. The second-order valence-electron chi connectivity index (χ2n) is 8.78. The first kappa shape index (κ1) is 23.6. The van der Waals surface area contributed by atoms with Gasteiger partial charge in [0.2, 0.25) is 0 Å². The van der Waals surface area contributed by atoms with E-state index in [0.717, 1.165) is 37.8 Å². The quantitative estimate of drug-likeness (QED) is 0.406. The number of aryl methyl sites for hydroxylation is 2. The van der Waals surface area contributed by atoms with Crippen LogP contribution in [0.5, 0.6) is 0 Å². The first-order chi connectivity index (χ1) is 17.3. The predicted octanol–water partition coefficient (Wildman–Crippen LogP) is 5.19. The first-order valence-electron chi connectivity index (χ1n) is 11.6. The van der Waals surface area contributed by atoms with Crippen molar-refractivity contribution in [3.8, 4) is 22.3 Å². The molecule has 1 aliphatic heterocycles. The van der Waals surface area contributed by atoms with Crippen molar-refractivity contribution < 1.29 is 9.90 Å². The molecule has 4 aromatic rings. The molecule has 8 nitrogen and oxygen atoms in total. The lowest BCUT2D eigenvalue weighted by atomic mass is 9.95. The number of nitriles is 1. The molecule has 0 saturated heterocycles. The minimum atomic E-state index is -0.908. The van der Waals surface area contributed by atoms with E-state index in [1.54, 1.807) is 17.4 Å². The molecule has 5 rings (SSSR count). The summed E-state index contributed by atoms with van der Waals surface area (Å²) in [5.74, 6) is -0.397. The van der Waals surface area contributed by atoms with Crippen molar-refractivity contribution in [1.29, 1.82) is 5.26 Å². The van der Waals surface area contributed by atoms with E-state index < -0.39 is 17.9 Å². The smallest absolute Gasteiger partial charge is 0.309 e. The maximum atomic E-state index is 12.2. The van der Waals surface area contributed by atoms with Gasteiger partial charge in [-0.15, -0.1) is 21.5 Å². The van der Waals surface area contributed by atoms with Gasteiger partial charge in [-0.25, -0.2) is 4.98 Å². The average Bonchev–Trinajstić information content (AvgIpc) is 3.35. The van der Waals surface area contributed by atoms with Crippen LogP contribution in [0.3, 0.4) is 0 Å². The van der Waals surface area contributed by atoms with Gasteiger partial charge in [-0.2, -0.15) is 5.26 Å². The number of nitrogens with zero attached hydrogens (tertiary/aromatic N) is 6. The molecule has 180 valence electrons. The van der Waals surface area contributed by atoms with Crippen molar-refractivity contribution in [2.45, 2.75) is 40.2 Å². The summed E-state index contributed by atoms with van der Waals surface area (Å²) < 4.78 is 1.97. The second kappa shape index (κ2) is 9.13. The Balaban J connectivity index is 1.71. The number of fused-ring (bicyclic) bond motifs is 3. The van der Waals surface area contributed by atoms with E-state index in [2.05, 4.69) is 35.1 Å². The van der Waals surface area contributed by atoms with Crippen molar-refractivity contribution in [2.24, 2.45) is 10.9 Å². The van der Waals surface area contributed by atoms with Gasteiger partial charge in [-0.3, -0.25) is 14.4 Å². The summed E-state index contributed by atoms with van der Waals surface area (Å²) in [5, 5.41) is 28.9. The zero-order chi connectivity index (χ0) is 25.6. The predicted molar refractivity (Wildman–Crippen MR) is 138 cm³/mol. The van der Waals surface area contributed by atoms with Gasteiger partial charge >= 0.3 is 5.97 Å². The van der Waals surface area contributed by atoms with Crippen LogP contribution in [-0.4, -0.2) is 36.5 Å². The molecule has 0 bridgehead atoms. The Kier molecular flexibility index (Phi) is 5.98. The van der Waals surface area contributed by atoms with Gasteiger partial charge in [0, 0.05) is 21.6 Å². The standard InChI is InChI=1S/C27H24N6O2S/c1-5-20(27(34)35)24-25-32-31-16(4)33(25)26-22(14(2)15(3)36-26)23(30-24)18-11-9-17(10-12-18)21-8-6-7-19(13-28)29-21/h6-12,20,24H,5H2,1-4H3,(H,34,35)/t20-,24?/m0/s1. The monoisotopic (exact) mass is 496 g/mol. The summed E-state index contributed by atoms with van der Waals surface area (Å²) in [6.45, 7) is 7.88. The molecule has 1 aliphatic rings. The number of aliphatic carboxylic acids is 1. The molecular formula is C27H24N6O2S. The minimum Gasteiger partial charge on any atom is -0.481 e. The van der Waals surface area contributed by atoms with Crippen molar-refractivity contribution in [1.82, 2.24) is 19.7 Å². The summed E-state index contributed by atoms with van der Waals surface area (Å²) in [6, 6.07) is 14.6. The van der Waals surface area contributed by atoms with E-state index >= 15 is 0 Å². The molecule has 3 aromatic heterocycles. The topological polar surface area (TPSA) is 117 Å². The number of hydrogen-bond donors (Lipinski definition) is 1. The molecule has 36 heavy (non-hydrogen) atoms. The molecule has 1 unspecified atom stereocenters. The Morgan fingerprint density at radius 3 is 2.53 bits per heavy atom. The fourth-order valence-electron chi connectivity index (χ4n) is 4.61. The van der Waals surface area contributed by atoms with E-state index in [-0.39, 0.29) is 0 Å². The van der Waals surface area contributed by atoms with Crippen LogP contribution in [-0.2, 0) is 4.79 Å². The van der Waals surface area contributed by atoms with Gasteiger partial charge in [0.25, 0.3) is 0 Å². The van der Waals surface area contributed by atoms with E-state index in [1.165, 1.54) is 0 Å². The van der Waals surface area contributed by atoms with Crippen LogP contribution in [0.2, 0.25) is 0 Å². The van der Waals surface area contributed by atoms with E-state index in [4.69, 9.17) is 4.99 Å². The van der Waals surface area contributed by atoms with Crippen molar-refractivity contribution in [3.05, 3.63) is 81.4 Å². The van der Waals surface area contributed by atoms with Gasteiger partial charge in [-0.1, -0.05) is 37.3 Å². The lowest BCUT2D eigenvalue weighted by molar-refractivity contribution is -0.142. The highest BCUT2D eigenvalue weighted by Crippen LogP contribution is 2.41. The largest absolute Gasteiger partial charge is 0.481 e. The van der Waals surface area contributed by atoms with Gasteiger partial charge in [0.1, 0.15) is 28.6 Å². The highest BCUT2D eigenvalue weighted by atomic mass is 32.1. The van der Waals surface area contributed by atoms with Crippen LogP contribution < -0.4 is 0 Å². The number of aromatic nitrogens is 4. The number of thiophene rings is 1. The van der Waals surface area contributed by atoms with Gasteiger partial charge in [0.15, 0.2) is 5.82 Å². The van der Waals surface area contributed by atoms with Crippen LogP contribution >= 0.6 is 11.3 Å². The molecule has 0 fully saturated rings. The number of hydrogen-bond acceptors (Lipinski definition) is 7. The average molecular weight is 497 g/mol. The fraction of sp³-hybridized carbons (Fsp3) is 0.259. The molecular weight excluding hydrogens is 472 g/mol. The lowest BCUT2D eigenvalue weighted by Crippen LogP contribution is -2.23. The number of aliphatic imine (C=N–C) groups is 1. The number of pyridine rings is 1. The van der Waals surface area contributed by atoms with Gasteiger partial charge in [-0.05, 0) is 44.9 Å². The lowest BCUT2D eigenvalue weighted by Gasteiger charge is -2.18. The molecule has 9 heteroatoms. The highest BCUT2D eigenvalue weighted by molar-refractivity contribution is 7.15. The third-order valence-electron chi connectivity index (χ3n) is 6.65. The Bertz CT molecular complexity index is 1560. The molecule has 4 heterocycles. The third-order valence-corrected chi connectivity index (χ3v) is 7.84. The molecule has 0 amide bonds. The number of carboxylic acids is 1. The maximum Gasteiger partial charge on any atom is 0.309 e. The SMILES string of the molecule is CC[C@H](C(=O)O)C1N=C(c2ccc(-c3cccc(C#N)n3)cc2)c2c(sc(C)c2C)-n2c(C)nnc21. The van der Waals surface area contributed by atoms with E-state index in [9.17, 15) is 15.2 Å². The summed E-state index contributed by atoms with van der Waals surface area (Å²) in [6.07, 6.45) is 0.411. The highest BCUT2D eigenvalue weighted by Gasteiger charge is 2.37. The first-order valence-corrected chi connectivity index (χ1v) is 12.5. The molecule has 2 atom stereocenters. The van der Waals surface area contributed by atoms with Gasteiger partial charge < -0.3 is 5.11 Å². The van der Waals surface area contributed by atoms with Crippen molar-refractivity contribution in [2.75, 3.05) is 0 Å². The number of rotatable bonds is 5. The molecule has 1 aromatic carbocycles. The zero-order valence-corrected chi connectivity index (χ0v) is 21.2. The van der Waals surface area contributed by atoms with Crippen LogP contribution in [0, 0.1) is 38.0 Å². The molecule has 0 saturated carbocycles. The van der Waals surface area contributed by atoms with Crippen LogP contribution in [0.1, 0.15) is 58.3 Å². The van der Waals surface area contributed by atoms with Crippen LogP contribution in [0.4, 0.5) is 0 Å². The zero-order valence-electron chi connectivity index (χ0n) is 20.4. The van der Waals surface area contributed by atoms with E-state index in [1.807, 2.05) is 54.8 Å². The van der Waals surface area contributed by atoms with Crippen molar-refractivity contribution in [3.63, 3.8) is 0 Å². The number of carbonyl (C=O) groups is 1. The van der Waals surface area contributed by atoms with Crippen molar-refractivity contribution >= 4 is 23.0 Å². The Labute approximate surface area is 212 Å². The maximum absolute atomic E-state index is 12.2. The summed E-state index contributed by atoms with van der Waals surface area (Å²) in [7, 11) is 0. The molecule has 0 radical (unpaired) electrons. The summed E-state index contributed by atoms with van der Waals surface area (Å²) in [4.78, 5) is 22.9. The van der Waals surface area contributed by atoms with Gasteiger partial charge in [0.05, 0.1) is 17.3 Å². The molecule has 1 N–H and O–H groups in total. The minimum absolute atomic E-state index is 0.360. The van der Waals surface area contributed by atoms with Crippen LogP contribution in [0.25, 0.3) is 16.3 Å². The number of carboxylic acid groups (broad SMARTS) is 1. The summed E-state index contributed by atoms with van der Waals surface area (Å²) >= 11 is 1.64. The Hall–Kier alpha value is -4.16.